The van der Waals surface area contributed by atoms with Gasteiger partial charge in [0.2, 0.25) is 0 Å². The molecule has 0 unspecified atom stereocenters. The second kappa shape index (κ2) is 4.08. The Morgan fingerprint density at radius 3 is 2.29 bits per heavy atom. The predicted molar refractivity (Wildman–Crippen MR) is 62.7 cm³/mol. The van der Waals surface area contributed by atoms with Crippen molar-refractivity contribution in [3.63, 3.8) is 0 Å². The molecule has 0 spiro atoms. The molecule has 0 N–H and O–H groups in total. The van der Waals surface area contributed by atoms with Crippen molar-refractivity contribution < 1.29 is 4.79 Å². The smallest absolute Gasteiger partial charge is 0.194 e. The molecule has 1 aromatic rings. The monoisotopic (exact) mass is 220 g/mol. The predicted octanol–water partition coefficient (Wildman–Crippen LogP) is 2.63. The number of nitriles is 2. The third kappa shape index (κ3) is 1.46. The highest BCUT2D eigenvalue weighted by atomic mass is 16.1. The molecule has 2 rings (SSSR count). The summed E-state index contributed by atoms with van der Waals surface area (Å²) in [4.78, 5) is 12.1. The normalized spacial score (nSPS) is 15.4. The fourth-order valence-corrected chi connectivity index (χ4v) is 1.98. The van der Waals surface area contributed by atoms with Gasteiger partial charge >= 0.3 is 0 Å². The van der Waals surface area contributed by atoms with Crippen LogP contribution < -0.4 is 0 Å². The average molecular weight is 220 g/mol. The Balaban J connectivity index is 2.87. The molecule has 1 aromatic carbocycles. The van der Waals surface area contributed by atoms with Gasteiger partial charge in [-0.1, -0.05) is 30.3 Å². The summed E-state index contributed by atoms with van der Waals surface area (Å²) >= 11 is 0. The summed E-state index contributed by atoms with van der Waals surface area (Å²) in [5.41, 5.74) is 2.10. The maximum Gasteiger partial charge on any atom is 0.194 e. The van der Waals surface area contributed by atoms with E-state index in [0.29, 0.717) is 22.3 Å². The first-order valence-corrected chi connectivity index (χ1v) is 5.09. The summed E-state index contributed by atoms with van der Waals surface area (Å²) in [6.07, 6.45) is 1.65. The van der Waals surface area contributed by atoms with Crippen LogP contribution in [-0.4, -0.2) is 5.78 Å². The Labute approximate surface area is 98.9 Å². The number of nitrogens with zero attached hydrogens (tertiary/aromatic N) is 2. The third-order valence-electron chi connectivity index (χ3n) is 2.72. The van der Waals surface area contributed by atoms with Crippen molar-refractivity contribution in [3.8, 4) is 12.1 Å². The molecule has 0 saturated heterocycles. The molecule has 80 valence electrons. The standard InChI is InChI=1S/C14H8N2O/c1-2-10-13(9(7-15)8-16)11-5-3-4-6-12(11)14(10)17/h2-6H,1H3/b10-2+. The van der Waals surface area contributed by atoms with E-state index in [2.05, 4.69) is 0 Å². The minimum atomic E-state index is -0.124. The van der Waals surface area contributed by atoms with Gasteiger partial charge in [0.25, 0.3) is 0 Å². The van der Waals surface area contributed by atoms with E-state index in [1.165, 1.54) is 0 Å². The van der Waals surface area contributed by atoms with E-state index in [0.717, 1.165) is 0 Å². The zero-order chi connectivity index (χ0) is 12.4. The van der Waals surface area contributed by atoms with E-state index in [-0.39, 0.29) is 11.4 Å². The molecule has 3 heteroatoms. The van der Waals surface area contributed by atoms with Gasteiger partial charge in [0.05, 0.1) is 0 Å². The summed E-state index contributed by atoms with van der Waals surface area (Å²) < 4.78 is 0. The van der Waals surface area contributed by atoms with E-state index in [9.17, 15) is 4.79 Å². The first-order valence-electron chi connectivity index (χ1n) is 5.09. The van der Waals surface area contributed by atoms with Gasteiger partial charge in [-0.05, 0) is 12.5 Å². The lowest BCUT2D eigenvalue weighted by molar-refractivity contribution is 0.104. The Hall–Kier alpha value is -2.65. The molecule has 0 radical (unpaired) electrons. The zero-order valence-corrected chi connectivity index (χ0v) is 9.19. The van der Waals surface area contributed by atoms with Crippen molar-refractivity contribution in [3.05, 3.63) is 52.6 Å². The first-order chi connectivity index (χ1) is 8.24. The molecule has 0 saturated carbocycles. The van der Waals surface area contributed by atoms with Crippen molar-refractivity contribution in [1.29, 1.82) is 10.5 Å². The van der Waals surface area contributed by atoms with Gasteiger partial charge in [0, 0.05) is 16.7 Å². The minimum absolute atomic E-state index is 0.0172. The zero-order valence-electron chi connectivity index (χ0n) is 9.19. The van der Waals surface area contributed by atoms with Gasteiger partial charge in [-0.2, -0.15) is 10.5 Å². The highest BCUT2D eigenvalue weighted by Crippen LogP contribution is 2.38. The van der Waals surface area contributed by atoms with Crippen molar-refractivity contribution in [2.24, 2.45) is 0 Å². The molecule has 0 fully saturated rings. The van der Waals surface area contributed by atoms with E-state index >= 15 is 0 Å². The van der Waals surface area contributed by atoms with Crippen LogP contribution in [0.5, 0.6) is 0 Å². The summed E-state index contributed by atoms with van der Waals surface area (Å²) in [5.74, 6) is -0.124. The van der Waals surface area contributed by atoms with E-state index in [1.54, 1.807) is 37.3 Å². The number of Topliss-reactive ketones (excluding diaryl/α,β-unsaturated/α-hetero) is 1. The van der Waals surface area contributed by atoms with Gasteiger partial charge < -0.3 is 0 Å². The van der Waals surface area contributed by atoms with Crippen LogP contribution in [0.1, 0.15) is 22.8 Å². The highest BCUT2D eigenvalue weighted by molar-refractivity contribution is 6.27. The second-order valence-corrected chi connectivity index (χ2v) is 3.55. The number of fused-ring (bicyclic) bond motifs is 1. The largest absolute Gasteiger partial charge is 0.289 e. The molecule has 17 heavy (non-hydrogen) atoms. The van der Waals surface area contributed by atoms with Crippen LogP contribution in [0.4, 0.5) is 0 Å². The SMILES string of the molecule is C/C=C1/C(=O)c2ccccc2C1=C(C#N)C#N. The fourth-order valence-electron chi connectivity index (χ4n) is 1.98. The molecule has 0 aliphatic heterocycles. The minimum Gasteiger partial charge on any atom is -0.289 e. The molecule has 1 aliphatic carbocycles. The number of ketones is 1. The highest BCUT2D eigenvalue weighted by Gasteiger charge is 2.31. The number of benzene rings is 1. The van der Waals surface area contributed by atoms with Crippen LogP contribution >= 0.6 is 0 Å². The average Bonchev–Trinajstić information content (AvgIpc) is 2.65. The lowest BCUT2D eigenvalue weighted by Crippen LogP contribution is -1.94. The lowest BCUT2D eigenvalue weighted by atomic mass is 10.00. The van der Waals surface area contributed by atoms with E-state index < -0.39 is 0 Å². The van der Waals surface area contributed by atoms with Crippen molar-refractivity contribution in [2.75, 3.05) is 0 Å². The molecule has 0 atom stereocenters. The summed E-state index contributed by atoms with van der Waals surface area (Å²) in [6.45, 7) is 1.73. The Kier molecular flexibility index (Phi) is 2.60. The fraction of sp³-hybridized carbons (Fsp3) is 0.0714. The van der Waals surface area contributed by atoms with Gasteiger partial charge in [-0.25, -0.2) is 0 Å². The number of rotatable bonds is 0. The molecule has 0 bridgehead atoms. The van der Waals surface area contributed by atoms with Gasteiger partial charge in [0.1, 0.15) is 17.7 Å². The van der Waals surface area contributed by atoms with Crippen LogP contribution in [0.3, 0.4) is 0 Å². The Morgan fingerprint density at radius 2 is 1.76 bits per heavy atom. The van der Waals surface area contributed by atoms with Gasteiger partial charge in [-0.3, -0.25) is 4.79 Å². The molecule has 0 heterocycles. The van der Waals surface area contributed by atoms with Crippen LogP contribution in [0.15, 0.2) is 41.5 Å². The first kappa shape index (κ1) is 10.9. The second-order valence-electron chi connectivity index (χ2n) is 3.55. The van der Waals surface area contributed by atoms with Gasteiger partial charge in [-0.15, -0.1) is 0 Å². The molecule has 0 aromatic heterocycles. The maximum atomic E-state index is 12.1. The number of hydrogen-bond donors (Lipinski definition) is 0. The van der Waals surface area contributed by atoms with Crippen LogP contribution in [0, 0.1) is 22.7 Å². The number of carbonyl (C=O) groups is 1. The Bertz CT molecular complexity index is 636. The van der Waals surface area contributed by atoms with Crippen molar-refractivity contribution in [2.45, 2.75) is 6.92 Å². The summed E-state index contributed by atoms with van der Waals surface area (Å²) in [6, 6.07) is 10.7. The van der Waals surface area contributed by atoms with Crippen LogP contribution in [-0.2, 0) is 0 Å². The summed E-state index contributed by atoms with van der Waals surface area (Å²) in [7, 11) is 0. The molecule has 0 amide bonds. The van der Waals surface area contributed by atoms with E-state index in [1.807, 2.05) is 12.1 Å². The molecular weight excluding hydrogens is 212 g/mol. The van der Waals surface area contributed by atoms with Crippen molar-refractivity contribution >= 4 is 11.4 Å². The number of allylic oxidation sites excluding steroid dienone is 4. The quantitative estimate of drug-likeness (QED) is 0.498. The lowest BCUT2D eigenvalue weighted by Gasteiger charge is -1.99. The van der Waals surface area contributed by atoms with E-state index in [4.69, 9.17) is 10.5 Å². The number of carbonyl (C=O) groups excluding carboxylic acids is 1. The Morgan fingerprint density at radius 1 is 1.18 bits per heavy atom. The third-order valence-corrected chi connectivity index (χ3v) is 2.72. The summed E-state index contributed by atoms with van der Waals surface area (Å²) in [5, 5.41) is 17.9. The molecule has 1 aliphatic rings. The molecule has 3 nitrogen and oxygen atoms in total. The maximum absolute atomic E-state index is 12.1. The topological polar surface area (TPSA) is 64.7 Å². The van der Waals surface area contributed by atoms with Crippen LogP contribution in [0.25, 0.3) is 5.57 Å². The number of hydrogen-bond acceptors (Lipinski definition) is 3. The molecular formula is C14H8N2O. The van der Waals surface area contributed by atoms with Gasteiger partial charge in [0.15, 0.2) is 5.78 Å². The van der Waals surface area contributed by atoms with Crippen molar-refractivity contribution in [1.82, 2.24) is 0 Å². The van der Waals surface area contributed by atoms with Crippen LogP contribution in [0.2, 0.25) is 0 Å².